The van der Waals surface area contributed by atoms with Gasteiger partial charge in [0, 0.05) is 36.4 Å². The van der Waals surface area contributed by atoms with Gasteiger partial charge in [-0.1, -0.05) is 31.5 Å². The van der Waals surface area contributed by atoms with Gasteiger partial charge in [-0.2, -0.15) is 5.10 Å². The SMILES string of the molecule is Cc1ccc(NC(=O)C2CC(F)(F)C[C@@H]2C2NN=C([C@H]3C[C@@H](CC(C)C)C3)N2C2CC2)c(C)c1. The Kier molecular flexibility index (Phi) is 6.09. The third-order valence-electron chi connectivity index (χ3n) is 8.17. The molecule has 1 aliphatic heterocycles. The molecule has 5 rings (SSSR count). The van der Waals surface area contributed by atoms with E-state index in [1.165, 1.54) is 6.42 Å². The zero-order chi connectivity index (χ0) is 24.2. The number of hydrazone groups is 1. The lowest BCUT2D eigenvalue weighted by Gasteiger charge is -2.41. The Bertz CT molecular complexity index is 967. The summed E-state index contributed by atoms with van der Waals surface area (Å²) >= 11 is 0. The average Bonchev–Trinajstić information content (AvgIpc) is 3.38. The lowest BCUT2D eigenvalue weighted by atomic mass is 9.70. The largest absolute Gasteiger partial charge is 0.334 e. The summed E-state index contributed by atoms with van der Waals surface area (Å²) in [5.74, 6) is -1.48. The maximum Gasteiger partial charge on any atom is 0.249 e. The highest BCUT2D eigenvalue weighted by Crippen LogP contribution is 2.49. The van der Waals surface area contributed by atoms with Gasteiger partial charge < -0.3 is 10.2 Å². The van der Waals surface area contributed by atoms with Crippen molar-refractivity contribution in [2.24, 2.45) is 34.7 Å². The summed E-state index contributed by atoms with van der Waals surface area (Å²) in [5, 5.41) is 7.66. The summed E-state index contributed by atoms with van der Waals surface area (Å²) in [5.41, 5.74) is 5.98. The number of benzene rings is 1. The van der Waals surface area contributed by atoms with E-state index in [1.807, 2.05) is 32.0 Å². The summed E-state index contributed by atoms with van der Waals surface area (Å²) in [6, 6.07) is 6.15. The first kappa shape index (κ1) is 23.6. The molecule has 3 saturated carbocycles. The van der Waals surface area contributed by atoms with Crippen LogP contribution in [-0.4, -0.2) is 34.8 Å². The van der Waals surface area contributed by atoms with E-state index in [4.69, 9.17) is 5.10 Å². The highest BCUT2D eigenvalue weighted by atomic mass is 19.3. The molecule has 7 heteroatoms. The number of hydrogen-bond donors (Lipinski definition) is 2. The van der Waals surface area contributed by atoms with E-state index >= 15 is 0 Å². The molecule has 2 N–H and O–H groups in total. The summed E-state index contributed by atoms with van der Waals surface area (Å²) in [6.07, 6.45) is 4.64. The van der Waals surface area contributed by atoms with E-state index in [2.05, 4.69) is 29.5 Å². The molecule has 0 spiro atoms. The van der Waals surface area contributed by atoms with Crippen molar-refractivity contribution in [3.05, 3.63) is 29.3 Å². The van der Waals surface area contributed by atoms with Crippen LogP contribution in [0.15, 0.2) is 23.3 Å². The van der Waals surface area contributed by atoms with Gasteiger partial charge in [0.2, 0.25) is 11.8 Å². The molecular weight excluding hydrogens is 434 g/mol. The van der Waals surface area contributed by atoms with Crippen molar-refractivity contribution in [2.75, 3.05) is 5.32 Å². The predicted octanol–water partition coefficient (Wildman–Crippen LogP) is 5.68. The molecule has 0 radical (unpaired) electrons. The second-order valence-electron chi connectivity index (χ2n) is 11.7. The van der Waals surface area contributed by atoms with Crippen LogP contribution in [0.3, 0.4) is 0 Å². The summed E-state index contributed by atoms with van der Waals surface area (Å²) in [4.78, 5) is 15.6. The van der Waals surface area contributed by atoms with E-state index in [1.54, 1.807) is 0 Å². The average molecular weight is 473 g/mol. The molecule has 0 bridgehead atoms. The zero-order valence-electron chi connectivity index (χ0n) is 20.8. The third-order valence-corrected chi connectivity index (χ3v) is 8.17. The Hall–Kier alpha value is -2.18. The van der Waals surface area contributed by atoms with Crippen LogP contribution in [0.1, 0.15) is 69.9 Å². The number of carbonyl (C=O) groups excluding carboxylic acids is 1. The first-order valence-corrected chi connectivity index (χ1v) is 13.0. The van der Waals surface area contributed by atoms with Crippen LogP contribution in [0.2, 0.25) is 0 Å². The van der Waals surface area contributed by atoms with Crippen LogP contribution < -0.4 is 10.7 Å². The Balaban J connectivity index is 1.31. The van der Waals surface area contributed by atoms with Gasteiger partial charge in [-0.15, -0.1) is 0 Å². The number of amides is 1. The summed E-state index contributed by atoms with van der Waals surface area (Å²) in [7, 11) is 0. The van der Waals surface area contributed by atoms with Crippen LogP contribution in [0.25, 0.3) is 0 Å². The number of carbonyl (C=O) groups is 1. The van der Waals surface area contributed by atoms with E-state index in [9.17, 15) is 13.6 Å². The van der Waals surface area contributed by atoms with Crippen LogP contribution in [0.4, 0.5) is 14.5 Å². The van der Waals surface area contributed by atoms with Gasteiger partial charge in [-0.25, -0.2) is 8.78 Å². The zero-order valence-corrected chi connectivity index (χ0v) is 20.8. The Morgan fingerprint density at radius 1 is 1.24 bits per heavy atom. The number of aryl methyl sites for hydroxylation is 2. The standard InChI is InChI=1S/C27H38F2N4O/c1-15(2)9-18-11-19(12-18)24-31-32-25(33(24)20-6-7-20)21-13-27(28,29)14-22(21)26(34)30-23-8-5-16(3)10-17(23)4/h5,8,10,15,18-22,25,32H,6-7,9,11-14H2,1-4H3,(H,30,34)/t18-,19+,21-,22?,25?/m0/s1. The number of amidine groups is 1. The maximum absolute atomic E-state index is 14.7. The second kappa shape index (κ2) is 8.80. The van der Waals surface area contributed by atoms with Crippen LogP contribution >= 0.6 is 0 Å². The molecule has 2 unspecified atom stereocenters. The number of anilines is 1. The maximum atomic E-state index is 14.7. The van der Waals surface area contributed by atoms with Gasteiger partial charge >= 0.3 is 0 Å². The molecule has 3 atom stereocenters. The summed E-state index contributed by atoms with van der Waals surface area (Å²) in [6.45, 7) is 8.45. The van der Waals surface area contributed by atoms with Gasteiger partial charge in [-0.05, 0) is 69.4 Å². The third kappa shape index (κ3) is 4.67. The molecule has 1 aromatic carbocycles. The van der Waals surface area contributed by atoms with Gasteiger partial charge in [0.15, 0.2) is 0 Å². The molecule has 5 nitrogen and oxygen atoms in total. The monoisotopic (exact) mass is 472 g/mol. The minimum atomic E-state index is -2.84. The molecule has 186 valence electrons. The number of halogens is 2. The summed E-state index contributed by atoms with van der Waals surface area (Å²) < 4.78 is 29.4. The van der Waals surface area contributed by atoms with E-state index in [0.717, 1.165) is 48.6 Å². The minimum Gasteiger partial charge on any atom is -0.334 e. The van der Waals surface area contributed by atoms with Crippen molar-refractivity contribution in [3.63, 3.8) is 0 Å². The van der Waals surface area contributed by atoms with E-state index < -0.39 is 24.2 Å². The number of alkyl halides is 2. The normalized spacial score (nSPS) is 32.4. The lowest BCUT2D eigenvalue weighted by molar-refractivity contribution is -0.122. The number of nitrogens with one attached hydrogen (secondary N) is 2. The van der Waals surface area contributed by atoms with Crippen molar-refractivity contribution < 1.29 is 13.6 Å². The molecule has 1 aromatic rings. The Morgan fingerprint density at radius 3 is 2.62 bits per heavy atom. The van der Waals surface area contributed by atoms with Crippen molar-refractivity contribution in [2.45, 2.75) is 90.8 Å². The first-order chi connectivity index (χ1) is 16.1. The quantitative estimate of drug-likeness (QED) is 0.537. The fraction of sp³-hybridized carbons (Fsp3) is 0.704. The molecular formula is C27H38F2N4O. The second-order valence-corrected chi connectivity index (χ2v) is 11.7. The van der Waals surface area contributed by atoms with Crippen molar-refractivity contribution >= 4 is 17.4 Å². The van der Waals surface area contributed by atoms with Crippen LogP contribution in [-0.2, 0) is 4.79 Å². The Labute approximate surface area is 201 Å². The number of nitrogens with zero attached hydrogens (tertiary/aromatic N) is 2. The molecule has 0 saturated heterocycles. The van der Waals surface area contributed by atoms with Gasteiger partial charge in [0.25, 0.3) is 0 Å². The van der Waals surface area contributed by atoms with Crippen LogP contribution in [0, 0.1) is 43.4 Å². The highest BCUT2D eigenvalue weighted by molar-refractivity contribution is 5.94. The molecule has 4 aliphatic rings. The lowest BCUT2D eigenvalue weighted by Crippen LogP contribution is -2.51. The number of rotatable bonds is 7. The molecule has 0 aromatic heterocycles. The number of hydrogen-bond acceptors (Lipinski definition) is 4. The highest BCUT2D eigenvalue weighted by Gasteiger charge is 2.56. The molecule has 3 fully saturated rings. The van der Waals surface area contributed by atoms with Crippen molar-refractivity contribution in [1.29, 1.82) is 0 Å². The molecule has 1 heterocycles. The van der Waals surface area contributed by atoms with Gasteiger partial charge in [0.1, 0.15) is 12.0 Å². The van der Waals surface area contributed by atoms with Crippen LogP contribution in [0.5, 0.6) is 0 Å². The minimum absolute atomic E-state index is 0.276. The fourth-order valence-corrected chi connectivity index (χ4v) is 6.41. The van der Waals surface area contributed by atoms with E-state index in [-0.39, 0.29) is 18.5 Å². The fourth-order valence-electron chi connectivity index (χ4n) is 6.41. The van der Waals surface area contributed by atoms with Crippen molar-refractivity contribution in [3.8, 4) is 0 Å². The van der Waals surface area contributed by atoms with E-state index in [0.29, 0.717) is 23.6 Å². The predicted molar refractivity (Wildman–Crippen MR) is 131 cm³/mol. The molecule has 3 aliphatic carbocycles. The van der Waals surface area contributed by atoms with Crippen molar-refractivity contribution in [1.82, 2.24) is 10.3 Å². The smallest absolute Gasteiger partial charge is 0.249 e. The first-order valence-electron chi connectivity index (χ1n) is 13.0. The molecule has 34 heavy (non-hydrogen) atoms. The van der Waals surface area contributed by atoms with Gasteiger partial charge in [-0.3, -0.25) is 10.2 Å². The Morgan fingerprint density at radius 2 is 1.97 bits per heavy atom. The molecule has 1 amide bonds. The van der Waals surface area contributed by atoms with Gasteiger partial charge in [0.05, 0.1) is 5.92 Å². The topological polar surface area (TPSA) is 56.7 Å².